The van der Waals surface area contributed by atoms with Crippen LogP contribution in [0.5, 0.6) is 0 Å². The van der Waals surface area contributed by atoms with Crippen molar-refractivity contribution in [2.75, 3.05) is 33.3 Å². The molecule has 1 aliphatic heterocycles. The van der Waals surface area contributed by atoms with E-state index in [9.17, 15) is 9.18 Å². The number of ether oxygens (including phenoxy) is 1. The fourth-order valence-electron chi connectivity index (χ4n) is 2.86. The van der Waals surface area contributed by atoms with E-state index in [1.807, 2.05) is 6.92 Å². The van der Waals surface area contributed by atoms with Gasteiger partial charge in [0.1, 0.15) is 5.82 Å². The van der Waals surface area contributed by atoms with Crippen LogP contribution in [0.15, 0.2) is 27.7 Å². The second kappa shape index (κ2) is 10.4. The molecule has 0 unspecified atom stereocenters. The molecule has 26 heavy (non-hydrogen) atoms. The van der Waals surface area contributed by atoms with Crippen molar-refractivity contribution in [1.29, 1.82) is 0 Å². The van der Waals surface area contributed by atoms with Crippen LogP contribution in [0.25, 0.3) is 0 Å². The molecule has 8 heteroatoms. The summed E-state index contributed by atoms with van der Waals surface area (Å²) in [7, 11) is 1.71. The lowest BCUT2D eigenvalue weighted by Crippen LogP contribution is -2.50. The van der Waals surface area contributed by atoms with Gasteiger partial charge in [0.25, 0.3) is 0 Å². The van der Waals surface area contributed by atoms with Gasteiger partial charge in [0.15, 0.2) is 5.96 Å². The number of halogens is 2. The molecule has 0 aromatic heterocycles. The molecule has 2 N–H and O–H groups in total. The Morgan fingerprint density at radius 3 is 2.81 bits per heavy atom. The van der Waals surface area contributed by atoms with Gasteiger partial charge >= 0.3 is 6.09 Å². The summed E-state index contributed by atoms with van der Waals surface area (Å²) in [4.78, 5) is 17.7. The molecule has 0 radical (unpaired) electrons. The third-order valence-corrected chi connectivity index (χ3v) is 4.77. The lowest BCUT2D eigenvalue weighted by Gasteiger charge is -2.32. The summed E-state index contributed by atoms with van der Waals surface area (Å²) in [5, 5.41) is 6.58. The van der Waals surface area contributed by atoms with E-state index in [2.05, 4.69) is 31.6 Å². The number of likely N-dealkylation sites (tertiary alicyclic amines) is 1. The second-order valence-electron chi connectivity index (χ2n) is 6.09. The standard InChI is InChI=1S/C18H26BrFN4O2/c1-3-26-18(25)24-10-7-15(8-11-24)23-17(21-2)22-9-6-13-12-14(19)4-5-16(13)20/h4-5,12,15H,3,6-11H2,1-2H3,(H2,21,22,23). The average Bonchev–Trinajstić information content (AvgIpc) is 2.64. The van der Waals surface area contributed by atoms with E-state index < -0.39 is 0 Å². The van der Waals surface area contributed by atoms with E-state index >= 15 is 0 Å². The number of carbonyl (C=O) groups excluding carboxylic acids is 1. The van der Waals surface area contributed by atoms with Gasteiger partial charge in [-0.1, -0.05) is 15.9 Å². The second-order valence-corrected chi connectivity index (χ2v) is 7.00. The van der Waals surface area contributed by atoms with Gasteiger partial charge in [0, 0.05) is 37.2 Å². The Labute approximate surface area is 162 Å². The number of piperidine rings is 1. The summed E-state index contributed by atoms with van der Waals surface area (Å²) in [6.07, 6.45) is 1.98. The Kier molecular flexibility index (Phi) is 8.15. The molecule has 144 valence electrons. The monoisotopic (exact) mass is 428 g/mol. The minimum Gasteiger partial charge on any atom is -0.450 e. The lowest BCUT2D eigenvalue weighted by atomic mass is 10.1. The van der Waals surface area contributed by atoms with E-state index in [-0.39, 0.29) is 18.0 Å². The van der Waals surface area contributed by atoms with Gasteiger partial charge in [-0.2, -0.15) is 0 Å². The van der Waals surface area contributed by atoms with Gasteiger partial charge in [-0.15, -0.1) is 0 Å². The van der Waals surface area contributed by atoms with E-state index in [4.69, 9.17) is 4.74 Å². The van der Waals surface area contributed by atoms with Gasteiger partial charge in [0.05, 0.1) is 6.61 Å². The average molecular weight is 429 g/mol. The van der Waals surface area contributed by atoms with Crippen LogP contribution in [0.1, 0.15) is 25.3 Å². The molecule has 0 bridgehead atoms. The molecule has 1 aromatic rings. The van der Waals surface area contributed by atoms with Gasteiger partial charge in [-0.25, -0.2) is 9.18 Å². The predicted molar refractivity (Wildman–Crippen MR) is 104 cm³/mol. The third kappa shape index (κ3) is 6.16. The van der Waals surface area contributed by atoms with Gasteiger partial charge in [-0.3, -0.25) is 4.99 Å². The maximum Gasteiger partial charge on any atom is 0.409 e. The fourth-order valence-corrected chi connectivity index (χ4v) is 3.27. The highest BCUT2D eigenvalue weighted by Crippen LogP contribution is 2.16. The number of hydrogen-bond donors (Lipinski definition) is 2. The number of benzene rings is 1. The fraction of sp³-hybridized carbons (Fsp3) is 0.556. The van der Waals surface area contributed by atoms with Crippen LogP contribution in [0.3, 0.4) is 0 Å². The van der Waals surface area contributed by atoms with E-state index in [1.54, 1.807) is 24.1 Å². The van der Waals surface area contributed by atoms with Gasteiger partial charge in [0.2, 0.25) is 0 Å². The smallest absolute Gasteiger partial charge is 0.409 e. The summed E-state index contributed by atoms with van der Waals surface area (Å²) < 4.78 is 19.7. The third-order valence-electron chi connectivity index (χ3n) is 4.28. The Morgan fingerprint density at radius 1 is 1.42 bits per heavy atom. The lowest BCUT2D eigenvalue weighted by molar-refractivity contribution is 0.0963. The molecule has 6 nitrogen and oxygen atoms in total. The van der Waals surface area contributed by atoms with Crippen LogP contribution in [0.2, 0.25) is 0 Å². The van der Waals surface area contributed by atoms with Crippen molar-refractivity contribution in [2.24, 2.45) is 4.99 Å². The molecule has 1 saturated heterocycles. The van der Waals surface area contributed by atoms with Crippen LogP contribution in [0, 0.1) is 5.82 Å². The number of nitrogens with zero attached hydrogens (tertiary/aromatic N) is 2. The number of carbonyl (C=O) groups is 1. The van der Waals surface area contributed by atoms with Crippen molar-refractivity contribution in [3.63, 3.8) is 0 Å². The summed E-state index contributed by atoms with van der Waals surface area (Å²) in [5.41, 5.74) is 0.657. The first-order valence-corrected chi connectivity index (χ1v) is 9.65. The van der Waals surface area contributed by atoms with Crippen molar-refractivity contribution in [3.05, 3.63) is 34.1 Å². The number of guanidine groups is 1. The summed E-state index contributed by atoms with van der Waals surface area (Å²) in [6, 6.07) is 5.19. The van der Waals surface area contributed by atoms with E-state index in [0.717, 1.165) is 17.3 Å². The molecule has 0 spiro atoms. The number of rotatable bonds is 5. The molecule has 1 fully saturated rings. The molecular weight excluding hydrogens is 403 g/mol. The summed E-state index contributed by atoms with van der Waals surface area (Å²) in [6.45, 7) is 4.11. The molecule has 1 aromatic carbocycles. The molecule has 2 rings (SSSR count). The number of hydrogen-bond acceptors (Lipinski definition) is 3. The number of nitrogens with one attached hydrogen (secondary N) is 2. The van der Waals surface area contributed by atoms with Crippen LogP contribution in [-0.4, -0.2) is 56.3 Å². The van der Waals surface area contributed by atoms with Gasteiger partial charge in [-0.05, 0) is 49.9 Å². The SMILES string of the molecule is CCOC(=O)N1CCC(NC(=NC)NCCc2cc(Br)ccc2F)CC1. The van der Waals surface area contributed by atoms with Crippen LogP contribution in [-0.2, 0) is 11.2 Å². The Bertz CT molecular complexity index is 634. The zero-order valence-corrected chi connectivity index (χ0v) is 16.8. The molecule has 0 aliphatic carbocycles. The molecule has 1 amide bonds. The minimum absolute atomic E-state index is 0.204. The molecule has 1 heterocycles. The van der Waals surface area contributed by atoms with E-state index in [0.29, 0.717) is 44.2 Å². The maximum atomic E-state index is 13.8. The highest BCUT2D eigenvalue weighted by molar-refractivity contribution is 9.10. The largest absolute Gasteiger partial charge is 0.450 e. The zero-order chi connectivity index (χ0) is 18.9. The Balaban J connectivity index is 1.75. The topological polar surface area (TPSA) is 66.0 Å². The number of amides is 1. The Hall–Kier alpha value is -1.83. The first-order chi connectivity index (χ1) is 12.5. The predicted octanol–water partition coefficient (Wildman–Crippen LogP) is 2.92. The highest BCUT2D eigenvalue weighted by Gasteiger charge is 2.23. The molecule has 1 aliphatic rings. The van der Waals surface area contributed by atoms with Crippen molar-refractivity contribution in [2.45, 2.75) is 32.2 Å². The van der Waals surface area contributed by atoms with Crippen molar-refractivity contribution in [3.8, 4) is 0 Å². The van der Waals surface area contributed by atoms with Crippen molar-refractivity contribution >= 4 is 28.0 Å². The van der Waals surface area contributed by atoms with Crippen LogP contribution >= 0.6 is 15.9 Å². The normalized spacial score (nSPS) is 15.7. The molecular formula is C18H26BrFN4O2. The Morgan fingerprint density at radius 2 is 2.15 bits per heavy atom. The first-order valence-electron chi connectivity index (χ1n) is 8.86. The van der Waals surface area contributed by atoms with Crippen LogP contribution in [0.4, 0.5) is 9.18 Å². The van der Waals surface area contributed by atoms with Crippen molar-refractivity contribution < 1.29 is 13.9 Å². The minimum atomic E-state index is -0.246. The summed E-state index contributed by atoms with van der Waals surface area (Å²) >= 11 is 3.36. The van der Waals surface area contributed by atoms with Gasteiger partial charge < -0.3 is 20.3 Å². The quantitative estimate of drug-likeness (QED) is 0.558. The first kappa shape index (κ1) is 20.5. The van der Waals surface area contributed by atoms with E-state index in [1.165, 1.54) is 6.07 Å². The summed E-state index contributed by atoms with van der Waals surface area (Å²) in [5.74, 6) is 0.485. The maximum absolute atomic E-state index is 13.8. The zero-order valence-electron chi connectivity index (χ0n) is 15.2. The molecule has 0 saturated carbocycles. The number of aliphatic imine (C=N–C) groups is 1. The molecule has 0 atom stereocenters. The van der Waals surface area contributed by atoms with Crippen LogP contribution < -0.4 is 10.6 Å². The van der Waals surface area contributed by atoms with Crippen molar-refractivity contribution in [1.82, 2.24) is 15.5 Å². The highest BCUT2D eigenvalue weighted by atomic mass is 79.9.